The summed E-state index contributed by atoms with van der Waals surface area (Å²) < 4.78 is 10.9. The molecule has 0 saturated carbocycles. The minimum Gasteiger partial charge on any atom is -0.454 e. The smallest absolute Gasteiger partial charge is 0.231 e. The fourth-order valence-corrected chi connectivity index (χ4v) is 3.92. The molecule has 0 unspecified atom stereocenters. The van der Waals surface area contributed by atoms with Gasteiger partial charge in [0.25, 0.3) is 0 Å². The SMILES string of the molecule is c1ccc2c(N3CCN(CCc4ccc5c(c4)OCO5)CC3)nccc2c1. The molecule has 5 heteroatoms. The van der Waals surface area contributed by atoms with E-state index in [0.717, 1.165) is 56.5 Å². The van der Waals surface area contributed by atoms with Gasteiger partial charge in [-0.1, -0.05) is 30.3 Å². The summed E-state index contributed by atoms with van der Waals surface area (Å²) in [5.74, 6) is 2.85. The van der Waals surface area contributed by atoms with Crippen molar-refractivity contribution in [1.82, 2.24) is 9.88 Å². The van der Waals surface area contributed by atoms with Crippen LogP contribution in [-0.2, 0) is 6.42 Å². The van der Waals surface area contributed by atoms with Crippen molar-refractivity contribution >= 4 is 16.6 Å². The van der Waals surface area contributed by atoms with Gasteiger partial charge in [0.2, 0.25) is 6.79 Å². The maximum Gasteiger partial charge on any atom is 0.231 e. The number of benzene rings is 2. The lowest BCUT2D eigenvalue weighted by molar-refractivity contribution is 0.174. The Labute approximate surface area is 159 Å². The minimum absolute atomic E-state index is 0.336. The highest BCUT2D eigenvalue weighted by Gasteiger charge is 2.20. The third-order valence-electron chi connectivity index (χ3n) is 5.48. The molecule has 0 amide bonds. The number of fused-ring (bicyclic) bond motifs is 2. The van der Waals surface area contributed by atoms with Gasteiger partial charge in [0.05, 0.1) is 0 Å². The van der Waals surface area contributed by atoms with Crippen molar-refractivity contribution in [2.24, 2.45) is 0 Å². The monoisotopic (exact) mass is 361 g/mol. The van der Waals surface area contributed by atoms with Gasteiger partial charge in [-0.15, -0.1) is 0 Å². The number of piperazine rings is 1. The summed E-state index contributed by atoms with van der Waals surface area (Å²) >= 11 is 0. The summed E-state index contributed by atoms with van der Waals surface area (Å²) in [5, 5.41) is 2.50. The molecule has 1 aromatic heterocycles. The van der Waals surface area contributed by atoms with Crippen LogP contribution < -0.4 is 14.4 Å². The number of rotatable bonds is 4. The van der Waals surface area contributed by atoms with Crippen molar-refractivity contribution in [3.05, 3.63) is 60.3 Å². The van der Waals surface area contributed by atoms with E-state index in [1.165, 1.54) is 16.3 Å². The first kappa shape index (κ1) is 16.4. The van der Waals surface area contributed by atoms with E-state index in [0.29, 0.717) is 6.79 Å². The van der Waals surface area contributed by atoms with Crippen molar-refractivity contribution in [3.8, 4) is 11.5 Å². The number of pyridine rings is 1. The molecule has 138 valence electrons. The van der Waals surface area contributed by atoms with Crippen LogP contribution in [0.25, 0.3) is 10.8 Å². The number of anilines is 1. The molecule has 0 radical (unpaired) electrons. The van der Waals surface area contributed by atoms with Gasteiger partial charge in [0, 0.05) is 44.3 Å². The van der Waals surface area contributed by atoms with Gasteiger partial charge in [-0.25, -0.2) is 4.98 Å². The average molecular weight is 361 g/mol. The lowest BCUT2D eigenvalue weighted by atomic mass is 10.1. The maximum absolute atomic E-state index is 5.48. The van der Waals surface area contributed by atoms with Crippen molar-refractivity contribution in [3.63, 3.8) is 0 Å². The first-order valence-electron chi connectivity index (χ1n) is 9.56. The van der Waals surface area contributed by atoms with E-state index in [-0.39, 0.29) is 0 Å². The molecule has 0 atom stereocenters. The zero-order valence-electron chi connectivity index (χ0n) is 15.3. The molecule has 1 saturated heterocycles. The van der Waals surface area contributed by atoms with Crippen LogP contribution in [0.1, 0.15) is 5.56 Å². The lowest BCUT2D eigenvalue weighted by Gasteiger charge is -2.35. The van der Waals surface area contributed by atoms with Gasteiger partial charge in [0.15, 0.2) is 11.5 Å². The number of hydrogen-bond donors (Lipinski definition) is 0. The fourth-order valence-electron chi connectivity index (χ4n) is 3.92. The molecular formula is C22H23N3O2. The van der Waals surface area contributed by atoms with Crippen LogP contribution >= 0.6 is 0 Å². The first-order valence-corrected chi connectivity index (χ1v) is 9.56. The molecule has 0 aliphatic carbocycles. The molecule has 0 bridgehead atoms. The highest BCUT2D eigenvalue weighted by Crippen LogP contribution is 2.32. The van der Waals surface area contributed by atoms with E-state index in [9.17, 15) is 0 Å². The van der Waals surface area contributed by atoms with Crippen molar-refractivity contribution in [2.45, 2.75) is 6.42 Å². The minimum atomic E-state index is 0.336. The standard InChI is InChI=1S/C22H23N3O2/c1-2-4-19-18(3-1)7-9-23-22(19)25-13-11-24(12-14-25)10-8-17-5-6-20-21(15-17)27-16-26-20/h1-7,9,15H,8,10-14,16H2. The highest BCUT2D eigenvalue weighted by atomic mass is 16.7. The molecule has 5 nitrogen and oxygen atoms in total. The second-order valence-corrected chi connectivity index (χ2v) is 7.12. The lowest BCUT2D eigenvalue weighted by Crippen LogP contribution is -2.47. The average Bonchev–Trinajstić information content (AvgIpc) is 3.20. The van der Waals surface area contributed by atoms with Crippen LogP contribution in [0, 0.1) is 0 Å². The van der Waals surface area contributed by atoms with Crippen molar-refractivity contribution in [2.75, 3.05) is 44.4 Å². The van der Waals surface area contributed by atoms with E-state index in [1.54, 1.807) is 0 Å². The summed E-state index contributed by atoms with van der Waals surface area (Å²) in [6, 6.07) is 16.9. The summed E-state index contributed by atoms with van der Waals surface area (Å²) in [7, 11) is 0. The number of aromatic nitrogens is 1. The van der Waals surface area contributed by atoms with Gasteiger partial charge in [-0.05, 0) is 35.6 Å². The Bertz CT molecular complexity index is 946. The summed E-state index contributed by atoms with van der Waals surface area (Å²) in [6.45, 7) is 5.56. The third kappa shape index (κ3) is 3.30. The molecule has 5 rings (SSSR count). The Morgan fingerprint density at radius 1 is 0.889 bits per heavy atom. The molecule has 3 aromatic rings. The topological polar surface area (TPSA) is 37.8 Å². The second kappa shape index (κ2) is 7.08. The molecule has 2 aromatic carbocycles. The normalized spacial score (nSPS) is 16.8. The van der Waals surface area contributed by atoms with Crippen LogP contribution in [-0.4, -0.2) is 49.4 Å². The van der Waals surface area contributed by atoms with Crippen LogP contribution in [0.3, 0.4) is 0 Å². The molecule has 1 fully saturated rings. The molecule has 0 spiro atoms. The molecule has 27 heavy (non-hydrogen) atoms. The van der Waals surface area contributed by atoms with Crippen molar-refractivity contribution in [1.29, 1.82) is 0 Å². The Morgan fingerprint density at radius 2 is 1.74 bits per heavy atom. The molecule has 3 heterocycles. The van der Waals surface area contributed by atoms with Crippen LogP contribution in [0.2, 0.25) is 0 Å². The van der Waals surface area contributed by atoms with E-state index in [4.69, 9.17) is 9.47 Å². The summed E-state index contributed by atoms with van der Waals surface area (Å²) in [5.41, 5.74) is 1.30. The zero-order chi connectivity index (χ0) is 18.1. The zero-order valence-corrected chi connectivity index (χ0v) is 15.3. The van der Waals surface area contributed by atoms with Crippen LogP contribution in [0.4, 0.5) is 5.82 Å². The number of nitrogens with zero attached hydrogens (tertiary/aromatic N) is 3. The number of hydrogen-bond acceptors (Lipinski definition) is 5. The molecule has 0 N–H and O–H groups in total. The third-order valence-corrected chi connectivity index (χ3v) is 5.48. The molecule has 2 aliphatic rings. The van der Waals surface area contributed by atoms with Gasteiger partial charge >= 0.3 is 0 Å². The van der Waals surface area contributed by atoms with Crippen LogP contribution in [0.5, 0.6) is 11.5 Å². The van der Waals surface area contributed by atoms with Crippen LogP contribution in [0.15, 0.2) is 54.7 Å². The predicted octanol–water partition coefficient (Wildman–Crippen LogP) is 3.33. The van der Waals surface area contributed by atoms with Gasteiger partial charge in [0.1, 0.15) is 5.82 Å². The fraction of sp³-hybridized carbons (Fsp3) is 0.318. The Balaban J connectivity index is 1.20. The summed E-state index contributed by atoms with van der Waals surface area (Å²) in [4.78, 5) is 9.61. The molecule has 2 aliphatic heterocycles. The van der Waals surface area contributed by atoms with Gasteiger partial charge in [-0.2, -0.15) is 0 Å². The predicted molar refractivity (Wildman–Crippen MR) is 107 cm³/mol. The van der Waals surface area contributed by atoms with Crippen molar-refractivity contribution < 1.29 is 9.47 Å². The Hall–Kier alpha value is -2.79. The first-order chi connectivity index (χ1) is 13.4. The largest absolute Gasteiger partial charge is 0.454 e. The van der Waals surface area contributed by atoms with Gasteiger partial charge in [-0.3, -0.25) is 4.90 Å². The second-order valence-electron chi connectivity index (χ2n) is 7.12. The summed E-state index contributed by atoms with van der Waals surface area (Å²) in [6.07, 6.45) is 2.95. The highest BCUT2D eigenvalue weighted by molar-refractivity contribution is 5.92. The quantitative estimate of drug-likeness (QED) is 0.713. The van der Waals surface area contributed by atoms with E-state index >= 15 is 0 Å². The van der Waals surface area contributed by atoms with E-state index in [1.807, 2.05) is 12.3 Å². The van der Waals surface area contributed by atoms with E-state index < -0.39 is 0 Å². The Kier molecular flexibility index (Phi) is 4.30. The number of ether oxygens (including phenoxy) is 2. The Morgan fingerprint density at radius 3 is 2.67 bits per heavy atom. The molecular weight excluding hydrogens is 338 g/mol. The maximum atomic E-state index is 5.48. The van der Waals surface area contributed by atoms with Gasteiger partial charge < -0.3 is 14.4 Å². The van der Waals surface area contributed by atoms with E-state index in [2.05, 4.69) is 57.2 Å².